The Kier molecular flexibility index (Phi) is 5.29. The van der Waals surface area contributed by atoms with E-state index in [-0.39, 0.29) is 19.1 Å². The molecule has 0 aliphatic heterocycles. The lowest BCUT2D eigenvalue weighted by molar-refractivity contribution is -0.116. The zero-order valence-corrected chi connectivity index (χ0v) is 16.6. The van der Waals surface area contributed by atoms with Crippen molar-refractivity contribution in [3.05, 3.63) is 89.7 Å². The third kappa shape index (κ3) is 4.29. The molecule has 0 bridgehead atoms. The third-order valence-electron chi connectivity index (χ3n) is 4.84. The van der Waals surface area contributed by atoms with Crippen LogP contribution in [0.25, 0.3) is 11.0 Å². The average Bonchev–Trinajstić information content (AvgIpc) is 3.07. The summed E-state index contributed by atoms with van der Waals surface area (Å²) < 4.78 is 7.84. The zero-order chi connectivity index (χ0) is 20.2. The van der Waals surface area contributed by atoms with Crippen LogP contribution in [0.15, 0.2) is 72.8 Å². The van der Waals surface area contributed by atoms with Crippen molar-refractivity contribution >= 4 is 22.6 Å². The molecule has 0 unspecified atom stereocenters. The van der Waals surface area contributed by atoms with Gasteiger partial charge in [-0.1, -0.05) is 48.0 Å². The summed E-state index contributed by atoms with van der Waals surface area (Å²) >= 11 is 0. The van der Waals surface area contributed by atoms with E-state index in [9.17, 15) is 4.79 Å². The van der Waals surface area contributed by atoms with E-state index in [0.717, 1.165) is 28.0 Å². The normalized spacial score (nSPS) is 10.8. The molecule has 1 aromatic heterocycles. The molecule has 0 fully saturated rings. The van der Waals surface area contributed by atoms with Crippen LogP contribution in [0.5, 0.6) is 5.75 Å². The number of benzene rings is 3. The number of nitrogens with one attached hydrogen (secondary N) is 1. The van der Waals surface area contributed by atoms with Crippen LogP contribution in [0, 0.1) is 13.8 Å². The number of amides is 1. The van der Waals surface area contributed by atoms with Crippen LogP contribution in [0.3, 0.4) is 0 Å². The van der Waals surface area contributed by atoms with E-state index in [2.05, 4.69) is 10.3 Å². The van der Waals surface area contributed by atoms with Crippen LogP contribution >= 0.6 is 0 Å². The lowest BCUT2D eigenvalue weighted by Gasteiger charge is -2.12. The number of aromatic nitrogens is 2. The first-order chi connectivity index (χ1) is 14.1. The summed E-state index contributed by atoms with van der Waals surface area (Å²) in [5.74, 6) is 1.39. The maximum absolute atomic E-state index is 12.7. The fraction of sp³-hybridized carbons (Fsp3) is 0.167. The van der Waals surface area contributed by atoms with Gasteiger partial charge in [-0.2, -0.15) is 0 Å². The second-order valence-electron chi connectivity index (χ2n) is 7.07. The molecule has 4 aromatic rings. The molecule has 0 aliphatic carbocycles. The molecule has 3 aromatic carbocycles. The summed E-state index contributed by atoms with van der Waals surface area (Å²) in [6.07, 6.45) is 0. The zero-order valence-electron chi connectivity index (χ0n) is 16.6. The monoisotopic (exact) mass is 385 g/mol. The fourth-order valence-electron chi connectivity index (χ4n) is 3.24. The number of fused-ring (bicyclic) bond motifs is 1. The first kappa shape index (κ1) is 18.7. The predicted molar refractivity (Wildman–Crippen MR) is 115 cm³/mol. The van der Waals surface area contributed by atoms with E-state index in [0.29, 0.717) is 5.82 Å². The molecule has 0 spiro atoms. The molecule has 1 N–H and O–H groups in total. The largest absolute Gasteiger partial charge is 0.486 e. The number of anilines is 1. The summed E-state index contributed by atoms with van der Waals surface area (Å²) in [5.41, 5.74) is 4.78. The van der Waals surface area contributed by atoms with Crippen LogP contribution in [0.1, 0.15) is 17.0 Å². The van der Waals surface area contributed by atoms with Gasteiger partial charge in [0.25, 0.3) is 0 Å². The van der Waals surface area contributed by atoms with E-state index in [1.165, 1.54) is 5.56 Å². The Balaban J connectivity index is 1.57. The molecule has 146 valence electrons. The Morgan fingerprint density at radius 1 is 0.966 bits per heavy atom. The van der Waals surface area contributed by atoms with Gasteiger partial charge in [0, 0.05) is 5.69 Å². The van der Waals surface area contributed by atoms with Gasteiger partial charge >= 0.3 is 0 Å². The molecule has 0 saturated carbocycles. The number of imidazole rings is 1. The van der Waals surface area contributed by atoms with Crippen LogP contribution in [-0.2, 0) is 17.9 Å². The predicted octanol–water partition coefficient (Wildman–Crippen LogP) is 4.87. The summed E-state index contributed by atoms with van der Waals surface area (Å²) in [5, 5.41) is 2.99. The van der Waals surface area contributed by atoms with Crippen LogP contribution in [0.2, 0.25) is 0 Å². The number of aryl methyl sites for hydroxylation is 2. The molecular formula is C24H23N3O2. The molecule has 4 rings (SSSR count). The number of rotatable bonds is 6. The highest BCUT2D eigenvalue weighted by atomic mass is 16.5. The lowest BCUT2D eigenvalue weighted by Crippen LogP contribution is -2.21. The van der Waals surface area contributed by atoms with Gasteiger partial charge in [-0.05, 0) is 49.7 Å². The molecule has 5 nitrogen and oxygen atoms in total. The van der Waals surface area contributed by atoms with E-state index < -0.39 is 0 Å². The lowest BCUT2D eigenvalue weighted by atomic mass is 10.2. The number of ether oxygens (including phenoxy) is 1. The quantitative estimate of drug-likeness (QED) is 0.515. The first-order valence-electron chi connectivity index (χ1n) is 9.59. The molecule has 0 radical (unpaired) electrons. The van der Waals surface area contributed by atoms with Gasteiger partial charge in [-0.3, -0.25) is 4.79 Å². The Bertz CT molecular complexity index is 1150. The van der Waals surface area contributed by atoms with E-state index in [4.69, 9.17) is 4.74 Å². The van der Waals surface area contributed by atoms with Crippen molar-refractivity contribution in [3.8, 4) is 5.75 Å². The maximum Gasteiger partial charge on any atom is 0.244 e. The third-order valence-corrected chi connectivity index (χ3v) is 4.84. The van der Waals surface area contributed by atoms with Gasteiger partial charge in [0.05, 0.1) is 11.0 Å². The smallest absolute Gasteiger partial charge is 0.244 e. The minimum absolute atomic E-state index is 0.0981. The highest BCUT2D eigenvalue weighted by Gasteiger charge is 2.15. The van der Waals surface area contributed by atoms with Crippen LogP contribution in [0.4, 0.5) is 5.69 Å². The van der Waals surface area contributed by atoms with Gasteiger partial charge in [-0.25, -0.2) is 4.98 Å². The number of hydrogen-bond donors (Lipinski definition) is 1. The van der Waals surface area contributed by atoms with Crippen molar-refractivity contribution < 1.29 is 9.53 Å². The summed E-state index contributed by atoms with van der Waals surface area (Å²) in [7, 11) is 0. The van der Waals surface area contributed by atoms with Crippen molar-refractivity contribution in [2.24, 2.45) is 0 Å². The average molecular weight is 385 g/mol. The molecule has 0 saturated heterocycles. The first-order valence-corrected chi connectivity index (χ1v) is 9.59. The Morgan fingerprint density at radius 3 is 2.48 bits per heavy atom. The Labute approximate surface area is 170 Å². The van der Waals surface area contributed by atoms with Crippen molar-refractivity contribution in [1.29, 1.82) is 0 Å². The van der Waals surface area contributed by atoms with Gasteiger partial charge in [0.1, 0.15) is 24.7 Å². The molecule has 0 atom stereocenters. The summed E-state index contributed by atoms with van der Waals surface area (Å²) in [4.78, 5) is 17.4. The second-order valence-corrected chi connectivity index (χ2v) is 7.07. The van der Waals surface area contributed by atoms with Crippen molar-refractivity contribution in [1.82, 2.24) is 9.55 Å². The van der Waals surface area contributed by atoms with Crippen LogP contribution in [-0.4, -0.2) is 15.5 Å². The second kappa shape index (κ2) is 8.19. The van der Waals surface area contributed by atoms with E-state index >= 15 is 0 Å². The van der Waals surface area contributed by atoms with Crippen molar-refractivity contribution in [2.45, 2.75) is 27.0 Å². The van der Waals surface area contributed by atoms with E-state index in [1.807, 2.05) is 91.2 Å². The van der Waals surface area contributed by atoms with Crippen molar-refractivity contribution in [2.75, 3.05) is 5.32 Å². The number of carbonyl (C=O) groups is 1. The highest BCUT2D eigenvalue weighted by molar-refractivity contribution is 5.92. The Morgan fingerprint density at radius 2 is 1.69 bits per heavy atom. The maximum atomic E-state index is 12.7. The SMILES string of the molecule is Cc1ccc(OCc2nc3ccccc3n2CC(=O)Nc2ccccc2C)cc1. The molecule has 1 amide bonds. The summed E-state index contributed by atoms with van der Waals surface area (Å²) in [6.45, 7) is 4.47. The van der Waals surface area contributed by atoms with Gasteiger partial charge in [-0.15, -0.1) is 0 Å². The molecule has 0 aliphatic rings. The molecule has 29 heavy (non-hydrogen) atoms. The molecule has 5 heteroatoms. The molecular weight excluding hydrogens is 362 g/mol. The number of hydrogen-bond acceptors (Lipinski definition) is 3. The fourth-order valence-corrected chi connectivity index (χ4v) is 3.24. The number of para-hydroxylation sites is 3. The van der Waals surface area contributed by atoms with Gasteiger partial charge < -0.3 is 14.6 Å². The minimum Gasteiger partial charge on any atom is -0.486 e. The Hall–Kier alpha value is -3.60. The topological polar surface area (TPSA) is 56.2 Å². The minimum atomic E-state index is -0.0981. The number of nitrogens with zero attached hydrogens (tertiary/aromatic N) is 2. The van der Waals surface area contributed by atoms with E-state index in [1.54, 1.807) is 0 Å². The number of carbonyl (C=O) groups excluding carboxylic acids is 1. The standard InChI is InChI=1S/C24H23N3O2/c1-17-11-13-19(14-12-17)29-16-23-25-21-9-5-6-10-22(21)27(23)15-24(28)26-20-8-4-3-7-18(20)2/h3-14H,15-16H2,1-2H3,(H,26,28). The van der Waals surface area contributed by atoms with Crippen LogP contribution < -0.4 is 10.1 Å². The summed E-state index contributed by atoms with van der Waals surface area (Å²) in [6, 6.07) is 23.4. The molecule has 1 heterocycles. The van der Waals surface area contributed by atoms with Gasteiger partial charge in [0.2, 0.25) is 5.91 Å². The highest BCUT2D eigenvalue weighted by Crippen LogP contribution is 2.20. The van der Waals surface area contributed by atoms with Gasteiger partial charge in [0.15, 0.2) is 0 Å². The van der Waals surface area contributed by atoms with Crippen molar-refractivity contribution in [3.63, 3.8) is 0 Å².